The van der Waals surface area contributed by atoms with E-state index in [0.717, 1.165) is 23.8 Å². The van der Waals surface area contributed by atoms with Gasteiger partial charge in [-0.05, 0) is 37.5 Å². The minimum absolute atomic E-state index is 0.188. The van der Waals surface area contributed by atoms with Crippen LogP contribution in [0, 0.1) is 5.92 Å². The van der Waals surface area contributed by atoms with Gasteiger partial charge in [0, 0.05) is 18.2 Å². The van der Waals surface area contributed by atoms with Crippen LogP contribution in [0.5, 0.6) is 5.75 Å². The molecule has 1 N–H and O–H groups in total. The number of hydrogen-bond acceptors (Lipinski definition) is 5. The maximum Gasteiger partial charge on any atom is 0.373 e. The summed E-state index contributed by atoms with van der Waals surface area (Å²) in [4.78, 5) is 11.5. The number of nitrogens with one attached hydrogen (secondary N) is 1. The Morgan fingerprint density at radius 1 is 1.18 bits per heavy atom. The van der Waals surface area contributed by atoms with E-state index in [-0.39, 0.29) is 12.4 Å². The number of rotatable bonds is 9. The Balaban J connectivity index is 1.51. The number of esters is 1. The van der Waals surface area contributed by atoms with E-state index in [9.17, 15) is 4.79 Å². The maximum atomic E-state index is 11.5. The van der Waals surface area contributed by atoms with E-state index < -0.39 is 5.97 Å². The van der Waals surface area contributed by atoms with Crippen LogP contribution in [0.2, 0.25) is 0 Å². The second-order valence-corrected chi connectivity index (χ2v) is 7.68. The summed E-state index contributed by atoms with van der Waals surface area (Å²) in [7, 11) is 1.33. The van der Waals surface area contributed by atoms with Crippen molar-refractivity contribution < 1.29 is 18.7 Å². The number of ether oxygens (including phenoxy) is 2. The smallest absolute Gasteiger partial charge is 0.373 e. The molecule has 1 fully saturated rings. The topological polar surface area (TPSA) is 60.7 Å². The molecule has 1 saturated carbocycles. The van der Waals surface area contributed by atoms with Gasteiger partial charge in [-0.15, -0.1) is 0 Å². The van der Waals surface area contributed by atoms with E-state index in [1.54, 1.807) is 12.1 Å². The van der Waals surface area contributed by atoms with Gasteiger partial charge in [0.15, 0.2) is 0 Å². The van der Waals surface area contributed by atoms with Crippen LogP contribution in [-0.4, -0.2) is 19.1 Å². The second-order valence-electron chi connectivity index (χ2n) is 7.68. The number of para-hydroxylation sites is 1. The zero-order chi connectivity index (χ0) is 19.8. The number of carbonyl (C=O) groups is 1. The lowest BCUT2D eigenvalue weighted by molar-refractivity contribution is 0.0561. The third kappa shape index (κ3) is 5.86. The summed E-state index contributed by atoms with van der Waals surface area (Å²) in [6.45, 7) is 3.32. The number of hydrogen-bond donors (Lipinski definition) is 1. The van der Waals surface area contributed by atoms with E-state index in [1.165, 1.54) is 45.6 Å². The molecule has 1 aromatic heterocycles. The highest BCUT2D eigenvalue weighted by Crippen LogP contribution is 2.27. The van der Waals surface area contributed by atoms with Gasteiger partial charge in [-0.1, -0.05) is 50.3 Å². The zero-order valence-electron chi connectivity index (χ0n) is 16.9. The van der Waals surface area contributed by atoms with Crippen LogP contribution < -0.4 is 10.1 Å². The predicted octanol–water partition coefficient (Wildman–Crippen LogP) is 5.09. The van der Waals surface area contributed by atoms with Crippen LogP contribution in [-0.2, 0) is 17.9 Å². The number of carbonyl (C=O) groups excluding carboxylic acids is 1. The Morgan fingerprint density at radius 3 is 2.75 bits per heavy atom. The first-order chi connectivity index (χ1) is 13.7. The molecule has 1 aliphatic rings. The fourth-order valence-electron chi connectivity index (χ4n) is 3.90. The van der Waals surface area contributed by atoms with Gasteiger partial charge in [-0.2, -0.15) is 0 Å². The lowest BCUT2D eigenvalue weighted by atomic mass is 9.85. The molecule has 1 atom stereocenters. The summed E-state index contributed by atoms with van der Waals surface area (Å²) in [6.07, 6.45) is 8.17. The molecule has 1 heterocycles. The van der Waals surface area contributed by atoms with Crippen LogP contribution in [0.25, 0.3) is 0 Å². The Hall–Kier alpha value is -2.27. The minimum atomic E-state index is -0.484. The van der Waals surface area contributed by atoms with E-state index in [0.29, 0.717) is 11.8 Å². The minimum Gasteiger partial charge on any atom is -0.485 e. The average molecular weight is 386 g/mol. The van der Waals surface area contributed by atoms with Gasteiger partial charge in [-0.25, -0.2) is 4.79 Å². The fraction of sp³-hybridized carbons (Fsp3) is 0.522. The fourth-order valence-corrected chi connectivity index (χ4v) is 3.90. The second kappa shape index (κ2) is 10.3. The molecule has 2 aromatic rings. The molecule has 0 bridgehead atoms. The number of furan rings is 1. The molecule has 1 aliphatic carbocycles. The van der Waals surface area contributed by atoms with Crippen molar-refractivity contribution in [3.05, 3.63) is 53.5 Å². The van der Waals surface area contributed by atoms with Gasteiger partial charge >= 0.3 is 5.97 Å². The Bertz CT molecular complexity index is 749. The Labute approximate surface area is 167 Å². The van der Waals surface area contributed by atoms with Gasteiger partial charge in [0.1, 0.15) is 18.1 Å². The molecule has 0 saturated heterocycles. The van der Waals surface area contributed by atoms with E-state index in [4.69, 9.17) is 9.15 Å². The molecule has 1 aromatic carbocycles. The van der Waals surface area contributed by atoms with Crippen molar-refractivity contribution in [3.63, 3.8) is 0 Å². The van der Waals surface area contributed by atoms with Crippen LogP contribution >= 0.6 is 0 Å². The molecular formula is C23H31NO4. The molecule has 5 nitrogen and oxygen atoms in total. The van der Waals surface area contributed by atoms with Crippen LogP contribution in [0.4, 0.5) is 0 Å². The van der Waals surface area contributed by atoms with Crippen LogP contribution in [0.15, 0.2) is 40.8 Å². The average Bonchev–Trinajstić information content (AvgIpc) is 3.20. The van der Waals surface area contributed by atoms with E-state index >= 15 is 0 Å². The normalized spacial score (nSPS) is 15.9. The van der Waals surface area contributed by atoms with Gasteiger partial charge < -0.3 is 19.2 Å². The molecular weight excluding hydrogens is 354 g/mol. The van der Waals surface area contributed by atoms with Gasteiger partial charge in [0.2, 0.25) is 5.76 Å². The van der Waals surface area contributed by atoms with Crippen molar-refractivity contribution in [2.24, 2.45) is 5.92 Å². The van der Waals surface area contributed by atoms with Crippen molar-refractivity contribution >= 4 is 5.97 Å². The summed E-state index contributed by atoms with van der Waals surface area (Å²) >= 11 is 0. The van der Waals surface area contributed by atoms with E-state index in [1.807, 2.05) is 18.2 Å². The predicted molar refractivity (Wildman–Crippen MR) is 108 cm³/mol. The third-order valence-corrected chi connectivity index (χ3v) is 5.44. The third-order valence-electron chi connectivity index (χ3n) is 5.44. The molecule has 0 radical (unpaired) electrons. The lowest BCUT2D eigenvalue weighted by Gasteiger charge is -2.25. The van der Waals surface area contributed by atoms with Crippen LogP contribution in [0.3, 0.4) is 0 Å². The molecule has 5 heteroatoms. The largest absolute Gasteiger partial charge is 0.485 e. The molecule has 3 rings (SSSR count). The summed E-state index contributed by atoms with van der Waals surface area (Å²) in [5.74, 6) is 1.99. The molecule has 28 heavy (non-hydrogen) atoms. The van der Waals surface area contributed by atoms with Gasteiger partial charge in [-0.3, -0.25) is 0 Å². The monoisotopic (exact) mass is 385 g/mol. The van der Waals surface area contributed by atoms with Crippen molar-refractivity contribution in [3.8, 4) is 5.75 Å². The summed E-state index contributed by atoms with van der Waals surface area (Å²) in [5.41, 5.74) is 1.12. The standard InChI is InChI=1S/C23H31NO4/c1-17(14-18-8-4-3-5-9-18)24-15-19-10-6-7-11-21(19)27-16-20-12-13-22(28-20)23(25)26-2/h6-7,10-13,17-18,24H,3-5,8-9,14-16H2,1-2H3. The van der Waals surface area contributed by atoms with Crippen molar-refractivity contribution in [1.29, 1.82) is 0 Å². The molecule has 152 valence electrons. The highest BCUT2D eigenvalue weighted by molar-refractivity contribution is 5.86. The first kappa shape index (κ1) is 20.5. The first-order valence-corrected chi connectivity index (χ1v) is 10.3. The summed E-state index contributed by atoms with van der Waals surface area (Å²) < 4.78 is 16.1. The molecule has 0 spiro atoms. The summed E-state index contributed by atoms with van der Waals surface area (Å²) in [5, 5.41) is 3.65. The Morgan fingerprint density at radius 2 is 1.96 bits per heavy atom. The van der Waals surface area contributed by atoms with Gasteiger partial charge in [0.05, 0.1) is 7.11 Å². The number of benzene rings is 1. The lowest BCUT2D eigenvalue weighted by Crippen LogP contribution is -2.28. The summed E-state index contributed by atoms with van der Waals surface area (Å²) in [6, 6.07) is 11.9. The van der Waals surface area contributed by atoms with Crippen molar-refractivity contribution in [2.75, 3.05) is 7.11 Å². The highest BCUT2D eigenvalue weighted by atomic mass is 16.5. The van der Waals surface area contributed by atoms with Gasteiger partial charge in [0.25, 0.3) is 0 Å². The maximum absolute atomic E-state index is 11.5. The molecule has 0 aliphatic heterocycles. The highest BCUT2D eigenvalue weighted by Gasteiger charge is 2.17. The zero-order valence-corrected chi connectivity index (χ0v) is 16.9. The van der Waals surface area contributed by atoms with Crippen LogP contribution in [0.1, 0.15) is 67.3 Å². The van der Waals surface area contributed by atoms with Crippen molar-refractivity contribution in [2.45, 2.75) is 64.6 Å². The van der Waals surface area contributed by atoms with Crippen molar-refractivity contribution in [1.82, 2.24) is 5.32 Å². The molecule has 1 unspecified atom stereocenters. The Kier molecular flexibility index (Phi) is 7.54. The first-order valence-electron chi connectivity index (χ1n) is 10.3. The quantitative estimate of drug-likeness (QED) is 0.609. The number of methoxy groups -OCH3 is 1. The molecule has 0 amide bonds. The van der Waals surface area contributed by atoms with E-state index in [2.05, 4.69) is 23.0 Å². The SMILES string of the molecule is COC(=O)c1ccc(COc2ccccc2CNC(C)CC2CCCCC2)o1.